The molecule has 0 rings (SSSR count). The van der Waals surface area contributed by atoms with Crippen LogP contribution in [-0.2, 0) is 13.6 Å². The van der Waals surface area contributed by atoms with Crippen molar-refractivity contribution in [2.75, 3.05) is 13.2 Å². The highest BCUT2D eigenvalue weighted by atomic mass is 35.5. The maximum atomic E-state index is 12.4. The van der Waals surface area contributed by atoms with Crippen molar-refractivity contribution >= 4 is 30.8 Å². The first-order valence-corrected chi connectivity index (χ1v) is 8.60. The average molecular weight is 321 g/mol. The van der Waals surface area contributed by atoms with Crippen LogP contribution in [0, 0.1) is 0 Å². The highest BCUT2D eigenvalue weighted by molar-refractivity contribution is 7.60. The summed E-state index contributed by atoms with van der Waals surface area (Å²) >= 11 is 12.1. The Morgan fingerprint density at radius 2 is 1.67 bits per heavy atom. The molecule has 0 amide bonds. The molecule has 1 N–H and O–H groups in total. The fraction of sp³-hybridized carbons (Fsp3) is 1.00. The molecule has 1 unspecified atom stereocenters. The van der Waals surface area contributed by atoms with Gasteiger partial charge in [-0.15, -0.1) is 0 Å². The Labute approximate surface area is 119 Å². The summed E-state index contributed by atoms with van der Waals surface area (Å²) < 4.78 is 20.7. The van der Waals surface area contributed by atoms with Crippen molar-refractivity contribution in [2.45, 2.75) is 56.6 Å². The van der Waals surface area contributed by atoms with Gasteiger partial charge < -0.3 is 14.2 Å². The van der Waals surface area contributed by atoms with Crippen LogP contribution in [0.25, 0.3) is 0 Å². The zero-order valence-corrected chi connectivity index (χ0v) is 13.6. The number of aliphatic hydroxyl groups is 1. The molecule has 0 aromatic carbocycles. The minimum atomic E-state index is -3.75. The van der Waals surface area contributed by atoms with E-state index in [0.29, 0.717) is 6.42 Å². The molecule has 110 valence electrons. The Balaban J connectivity index is 4.76. The van der Waals surface area contributed by atoms with E-state index in [1.165, 1.54) is 0 Å². The van der Waals surface area contributed by atoms with E-state index in [9.17, 15) is 9.67 Å². The lowest BCUT2D eigenvalue weighted by atomic mass is 10.1. The molecule has 0 saturated heterocycles. The first kappa shape index (κ1) is 18.7. The van der Waals surface area contributed by atoms with Gasteiger partial charge in [0.1, 0.15) is 0 Å². The molecule has 0 heterocycles. The summed E-state index contributed by atoms with van der Waals surface area (Å²) in [7, 11) is -3.75. The summed E-state index contributed by atoms with van der Waals surface area (Å²) in [4.78, 5) is 0. The molecular formula is C11H23Cl2O4P. The minimum Gasteiger partial charge on any atom is -0.389 e. The maximum Gasteiger partial charge on any atom is 0.369 e. The van der Waals surface area contributed by atoms with Gasteiger partial charge in [-0.05, 0) is 20.3 Å². The standard InChI is InChI=1S/C11H23Cl2O4P/c1-4-7-8-9-10(14)11(12,13)18(15,16-5-2)17-6-3/h10,14H,4-9H2,1-3H3. The van der Waals surface area contributed by atoms with Crippen molar-refractivity contribution in [3.63, 3.8) is 0 Å². The summed E-state index contributed by atoms with van der Waals surface area (Å²) in [5.41, 5.74) is 0. The number of unbranched alkanes of at least 4 members (excludes halogenated alkanes) is 2. The van der Waals surface area contributed by atoms with Crippen LogP contribution in [0.2, 0.25) is 0 Å². The van der Waals surface area contributed by atoms with E-state index in [1.807, 2.05) is 6.92 Å². The van der Waals surface area contributed by atoms with Gasteiger partial charge in [0, 0.05) is 0 Å². The molecular weight excluding hydrogens is 298 g/mol. The van der Waals surface area contributed by atoms with Gasteiger partial charge in [0.15, 0.2) is 0 Å². The van der Waals surface area contributed by atoms with Gasteiger partial charge in [-0.1, -0.05) is 49.4 Å². The number of halogens is 2. The second-order valence-corrected chi connectivity index (χ2v) is 8.06. The molecule has 7 heteroatoms. The summed E-state index contributed by atoms with van der Waals surface area (Å²) in [6, 6.07) is 0. The predicted octanol–water partition coefficient (Wildman–Crippen LogP) is 4.33. The smallest absolute Gasteiger partial charge is 0.369 e. The molecule has 0 spiro atoms. The number of aliphatic hydroxyl groups excluding tert-OH is 1. The Hall–Kier alpha value is 0.690. The Kier molecular flexibility index (Phi) is 9.12. The van der Waals surface area contributed by atoms with Crippen LogP contribution in [0.1, 0.15) is 46.5 Å². The molecule has 0 aliphatic rings. The van der Waals surface area contributed by atoms with Crippen LogP contribution < -0.4 is 0 Å². The molecule has 0 saturated carbocycles. The highest BCUT2D eigenvalue weighted by Gasteiger charge is 2.53. The maximum absolute atomic E-state index is 12.4. The van der Waals surface area contributed by atoms with Crippen LogP contribution in [0.4, 0.5) is 0 Å². The first-order chi connectivity index (χ1) is 8.35. The molecule has 0 aromatic heterocycles. The third-order valence-corrected chi connectivity index (χ3v) is 6.42. The van der Waals surface area contributed by atoms with Gasteiger partial charge in [-0.3, -0.25) is 4.57 Å². The summed E-state index contributed by atoms with van der Waals surface area (Å²) in [5, 5.41) is 10.00. The zero-order chi connectivity index (χ0) is 14.2. The summed E-state index contributed by atoms with van der Waals surface area (Å²) in [6.45, 7) is 5.69. The predicted molar refractivity (Wildman–Crippen MR) is 75.4 cm³/mol. The van der Waals surface area contributed by atoms with Gasteiger partial charge in [0.25, 0.3) is 0 Å². The second-order valence-electron chi connectivity index (χ2n) is 3.93. The molecule has 4 nitrogen and oxygen atoms in total. The largest absolute Gasteiger partial charge is 0.389 e. The van der Waals surface area contributed by atoms with Crippen molar-refractivity contribution in [2.24, 2.45) is 0 Å². The van der Waals surface area contributed by atoms with Gasteiger partial charge in [-0.25, -0.2) is 0 Å². The van der Waals surface area contributed by atoms with Crippen LogP contribution in [-0.4, -0.2) is 28.5 Å². The van der Waals surface area contributed by atoms with Crippen LogP contribution in [0.3, 0.4) is 0 Å². The lowest BCUT2D eigenvalue weighted by Gasteiger charge is -2.32. The van der Waals surface area contributed by atoms with Crippen molar-refractivity contribution in [3.8, 4) is 0 Å². The topological polar surface area (TPSA) is 55.8 Å². The fourth-order valence-electron chi connectivity index (χ4n) is 1.49. The molecule has 18 heavy (non-hydrogen) atoms. The van der Waals surface area contributed by atoms with Crippen LogP contribution >= 0.6 is 30.8 Å². The zero-order valence-electron chi connectivity index (χ0n) is 11.2. The monoisotopic (exact) mass is 320 g/mol. The van der Waals surface area contributed by atoms with E-state index >= 15 is 0 Å². The third-order valence-electron chi connectivity index (χ3n) is 2.45. The molecule has 0 aliphatic heterocycles. The van der Waals surface area contributed by atoms with Crippen molar-refractivity contribution in [3.05, 3.63) is 0 Å². The Morgan fingerprint density at radius 3 is 2.06 bits per heavy atom. The van der Waals surface area contributed by atoms with E-state index in [1.54, 1.807) is 13.8 Å². The summed E-state index contributed by atoms with van der Waals surface area (Å²) in [6.07, 6.45) is 1.95. The molecule has 0 aromatic rings. The number of rotatable bonds is 10. The van der Waals surface area contributed by atoms with E-state index in [0.717, 1.165) is 19.3 Å². The van der Waals surface area contributed by atoms with Gasteiger partial charge in [0.2, 0.25) is 4.07 Å². The van der Waals surface area contributed by atoms with Crippen molar-refractivity contribution < 1.29 is 18.7 Å². The van der Waals surface area contributed by atoms with E-state index in [-0.39, 0.29) is 13.2 Å². The molecule has 0 bridgehead atoms. The first-order valence-electron chi connectivity index (χ1n) is 6.30. The molecule has 0 aliphatic carbocycles. The third kappa shape index (κ3) is 4.99. The van der Waals surface area contributed by atoms with Crippen molar-refractivity contribution in [1.29, 1.82) is 0 Å². The molecule has 0 fully saturated rings. The molecule has 0 radical (unpaired) electrons. The van der Waals surface area contributed by atoms with E-state index in [2.05, 4.69) is 0 Å². The minimum absolute atomic E-state index is 0.153. The number of alkyl halides is 2. The van der Waals surface area contributed by atoms with Crippen molar-refractivity contribution in [1.82, 2.24) is 0 Å². The highest BCUT2D eigenvalue weighted by Crippen LogP contribution is 2.66. The van der Waals surface area contributed by atoms with Gasteiger partial charge in [-0.2, -0.15) is 0 Å². The van der Waals surface area contributed by atoms with Gasteiger partial charge >= 0.3 is 7.60 Å². The Bertz CT molecular complexity index is 264. The van der Waals surface area contributed by atoms with Crippen LogP contribution in [0.15, 0.2) is 0 Å². The summed E-state index contributed by atoms with van der Waals surface area (Å²) in [5.74, 6) is 0. The number of hydrogen-bond acceptors (Lipinski definition) is 4. The lowest BCUT2D eigenvalue weighted by molar-refractivity contribution is 0.138. The van der Waals surface area contributed by atoms with E-state index < -0.39 is 17.8 Å². The second kappa shape index (κ2) is 8.78. The van der Waals surface area contributed by atoms with Gasteiger partial charge in [0.05, 0.1) is 19.3 Å². The quantitative estimate of drug-likeness (QED) is 0.370. The molecule has 1 atom stereocenters. The average Bonchev–Trinajstić information content (AvgIpc) is 2.29. The fourth-order valence-corrected chi connectivity index (χ4v) is 3.89. The van der Waals surface area contributed by atoms with E-state index in [4.69, 9.17) is 32.2 Å². The number of hydrogen-bond donors (Lipinski definition) is 1. The van der Waals surface area contributed by atoms with Crippen LogP contribution in [0.5, 0.6) is 0 Å². The lowest BCUT2D eigenvalue weighted by Crippen LogP contribution is -2.32. The SMILES string of the molecule is CCCCCC(O)C(Cl)(Cl)P(=O)(OCC)OCC. The normalized spacial score (nSPS) is 14.8. The Morgan fingerprint density at radius 1 is 1.17 bits per heavy atom.